The van der Waals surface area contributed by atoms with E-state index in [1.807, 2.05) is 25.1 Å². The van der Waals surface area contributed by atoms with E-state index in [0.29, 0.717) is 12.0 Å². The number of hydrogen-bond donors (Lipinski definition) is 1. The van der Waals surface area contributed by atoms with Crippen LogP contribution in [0, 0.1) is 5.92 Å². The smallest absolute Gasteiger partial charge is 0.237 e. The predicted octanol–water partition coefficient (Wildman–Crippen LogP) is 3.55. The van der Waals surface area contributed by atoms with Crippen molar-refractivity contribution in [2.75, 3.05) is 31.1 Å². The van der Waals surface area contributed by atoms with E-state index in [0.717, 1.165) is 37.6 Å². The van der Waals surface area contributed by atoms with Crippen LogP contribution in [-0.4, -0.2) is 49.1 Å². The lowest BCUT2D eigenvalue weighted by molar-refractivity contribution is -0.127. The minimum Gasteiger partial charge on any atom is -0.369 e. The number of anilines is 1. The molecule has 1 aliphatic carbocycles. The number of piperazine rings is 1. The van der Waals surface area contributed by atoms with Crippen LogP contribution in [0.15, 0.2) is 24.3 Å². The molecule has 25 heavy (non-hydrogen) atoms. The van der Waals surface area contributed by atoms with E-state index in [9.17, 15) is 4.79 Å². The Labute approximate surface area is 156 Å². The average Bonchev–Trinajstić information content (AvgIpc) is 2.63. The number of halogens is 1. The average molecular weight is 364 g/mol. The fraction of sp³-hybridized carbons (Fsp3) is 0.650. The zero-order valence-corrected chi connectivity index (χ0v) is 16.1. The highest BCUT2D eigenvalue weighted by molar-refractivity contribution is 6.30. The molecule has 0 radical (unpaired) electrons. The van der Waals surface area contributed by atoms with Crippen LogP contribution in [-0.2, 0) is 4.79 Å². The Morgan fingerprint density at radius 3 is 2.60 bits per heavy atom. The highest BCUT2D eigenvalue weighted by atomic mass is 35.5. The van der Waals surface area contributed by atoms with Crippen molar-refractivity contribution in [1.82, 2.24) is 10.2 Å². The third-order valence-corrected chi connectivity index (χ3v) is 6.09. The van der Waals surface area contributed by atoms with E-state index in [1.54, 1.807) is 0 Å². The molecule has 3 atom stereocenters. The molecule has 3 rings (SSSR count). The molecule has 138 valence electrons. The number of hydrogen-bond acceptors (Lipinski definition) is 3. The Morgan fingerprint density at radius 2 is 1.92 bits per heavy atom. The summed E-state index contributed by atoms with van der Waals surface area (Å²) in [6.45, 7) is 7.97. The zero-order chi connectivity index (χ0) is 17.8. The molecule has 1 aromatic carbocycles. The van der Waals surface area contributed by atoms with Crippen LogP contribution >= 0.6 is 11.6 Å². The van der Waals surface area contributed by atoms with E-state index in [4.69, 9.17) is 11.6 Å². The molecule has 1 heterocycles. The van der Waals surface area contributed by atoms with Gasteiger partial charge < -0.3 is 10.2 Å². The Morgan fingerprint density at radius 1 is 1.20 bits per heavy atom. The van der Waals surface area contributed by atoms with Crippen molar-refractivity contribution < 1.29 is 4.79 Å². The lowest BCUT2D eigenvalue weighted by Crippen LogP contribution is -2.55. The second kappa shape index (κ2) is 8.41. The Hall–Kier alpha value is -1.26. The van der Waals surface area contributed by atoms with Crippen LogP contribution in [0.2, 0.25) is 5.02 Å². The largest absolute Gasteiger partial charge is 0.369 e. The lowest BCUT2D eigenvalue weighted by Gasteiger charge is -2.39. The molecule has 4 nitrogen and oxygen atoms in total. The number of nitrogens with one attached hydrogen (secondary N) is 1. The Bertz CT molecular complexity index is 586. The number of benzene rings is 1. The summed E-state index contributed by atoms with van der Waals surface area (Å²) in [7, 11) is 0. The van der Waals surface area contributed by atoms with Gasteiger partial charge in [-0.15, -0.1) is 0 Å². The van der Waals surface area contributed by atoms with Crippen molar-refractivity contribution >= 4 is 23.2 Å². The molecule has 0 unspecified atom stereocenters. The molecule has 1 aliphatic heterocycles. The molecule has 1 saturated heterocycles. The van der Waals surface area contributed by atoms with Crippen LogP contribution in [0.1, 0.15) is 39.5 Å². The zero-order valence-electron chi connectivity index (χ0n) is 15.4. The monoisotopic (exact) mass is 363 g/mol. The minimum absolute atomic E-state index is 0.0596. The molecule has 5 heteroatoms. The van der Waals surface area contributed by atoms with Crippen molar-refractivity contribution in [3.05, 3.63) is 29.3 Å². The summed E-state index contributed by atoms with van der Waals surface area (Å²) in [6.07, 6.45) is 4.90. The first-order chi connectivity index (χ1) is 12.0. The summed E-state index contributed by atoms with van der Waals surface area (Å²) in [4.78, 5) is 17.3. The van der Waals surface area contributed by atoms with Gasteiger partial charge in [0.25, 0.3) is 0 Å². The second-order valence-corrected chi connectivity index (χ2v) is 7.99. The highest BCUT2D eigenvalue weighted by Crippen LogP contribution is 2.24. The Kier molecular flexibility index (Phi) is 6.24. The van der Waals surface area contributed by atoms with Gasteiger partial charge in [0.15, 0.2) is 0 Å². The molecule has 0 aromatic heterocycles. The van der Waals surface area contributed by atoms with E-state index in [-0.39, 0.29) is 11.9 Å². The maximum absolute atomic E-state index is 12.7. The molecule has 2 fully saturated rings. The minimum atomic E-state index is -0.0596. The summed E-state index contributed by atoms with van der Waals surface area (Å²) < 4.78 is 0. The van der Waals surface area contributed by atoms with E-state index >= 15 is 0 Å². The molecular weight excluding hydrogens is 334 g/mol. The first-order valence-electron chi connectivity index (χ1n) is 9.59. The third-order valence-electron chi connectivity index (χ3n) is 5.85. The van der Waals surface area contributed by atoms with Gasteiger partial charge in [-0.2, -0.15) is 0 Å². The molecule has 2 aliphatic rings. The van der Waals surface area contributed by atoms with Crippen LogP contribution in [0.4, 0.5) is 5.69 Å². The van der Waals surface area contributed by atoms with E-state index < -0.39 is 0 Å². The van der Waals surface area contributed by atoms with Crippen molar-refractivity contribution in [1.29, 1.82) is 0 Å². The van der Waals surface area contributed by atoms with Gasteiger partial charge in [0.05, 0.1) is 6.04 Å². The third kappa shape index (κ3) is 4.68. The summed E-state index contributed by atoms with van der Waals surface area (Å²) >= 11 is 6.10. The SMILES string of the molecule is C[C@@H]1CCCC[C@@H]1NC(=O)[C@@H](C)N1CCN(c2cccc(Cl)c2)CC1. The van der Waals surface area contributed by atoms with Crippen molar-refractivity contribution in [3.8, 4) is 0 Å². The van der Waals surface area contributed by atoms with Crippen LogP contribution in [0.25, 0.3) is 0 Å². The fourth-order valence-corrected chi connectivity index (χ4v) is 4.22. The van der Waals surface area contributed by atoms with Gasteiger partial charge in [-0.1, -0.05) is 37.4 Å². The van der Waals surface area contributed by atoms with Gasteiger partial charge >= 0.3 is 0 Å². The number of carbonyl (C=O) groups is 1. The maximum atomic E-state index is 12.7. The molecule has 1 saturated carbocycles. The highest BCUT2D eigenvalue weighted by Gasteiger charge is 2.29. The quantitative estimate of drug-likeness (QED) is 0.888. The summed E-state index contributed by atoms with van der Waals surface area (Å²) in [6, 6.07) is 8.30. The Balaban J connectivity index is 1.50. The normalized spacial score (nSPS) is 26.3. The molecule has 1 amide bonds. The number of amides is 1. The van der Waals surface area contributed by atoms with Gasteiger partial charge in [0.2, 0.25) is 5.91 Å². The number of carbonyl (C=O) groups excluding carboxylic acids is 1. The first kappa shape index (κ1) is 18.5. The standard InChI is InChI=1S/C20H30ClN3O/c1-15-6-3-4-9-19(15)22-20(25)16(2)23-10-12-24(13-11-23)18-8-5-7-17(21)14-18/h5,7-8,14-16,19H,3-4,6,9-13H2,1-2H3,(H,22,25)/t15-,16-,19+/m1/s1. The molecule has 0 bridgehead atoms. The predicted molar refractivity (Wildman–Crippen MR) is 104 cm³/mol. The summed E-state index contributed by atoms with van der Waals surface area (Å²) in [5, 5.41) is 4.08. The van der Waals surface area contributed by atoms with Crippen molar-refractivity contribution in [2.24, 2.45) is 5.92 Å². The summed E-state index contributed by atoms with van der Waals surface area (Å²) in [5.41, 5.74) is 1.17. The van der Waals surface area contributed by atoms with E-state index in [2.05, 4.69) is 28.1 Å². The lowest BCUT2D eigenvalue weighted by atomic mass is 9.86. The topological polar surface area (TPSA) is 35.6 Å². The van der Waals surface area contributed by atoms with Crippen molar-refractivity contribution in [2.45, 2.75) is 51.6 Å². The van der Waals surface area contributed by atoms with Crippen LogP contribution in [0.5, 0.6) is 0 Å². The number of rotatable bonds is 4. The van der Waals surface area contributed by atoms with Gasteiger partial charge in [0.1, 0.15) is 0 Å². The molecule has 1 aromatic rings. The second-order valence-electron chi connectivity index (χ2n) is 7.56. The van der Waals surface area contributed by atoms with Crippen LogP contribution < -0.4 is 10.2 Å². The van der Waals surface area contributed by atoms with Gasteiger partial charge in [-0.05, 0) is 43.9 Å². The molecule has 0 spiro atoms. The summed E-state index contributed by atoms with van der Waals surface area (Å²) in [5.74, 6) is 0.791. The van der Waals surface area contributed by atoms with Gasteiger partial charge in [-0.3, -0.25) is 9.69 Å². The van der Waals surface area contributed by atoms with Crippen LogP contribution in [0.3, 0.4) is 0 Å². The molecule has 1 N–H and O–H groups in total. The maximum Gasteiger partial charge on any atom is 0.237 e. The van der Waals surface area contributed by atoms with Gasteiger partial charge in [0, 0.05) is 42.9 Å². The van der Waals surface area contributed by atoms with E-state index in [1.165, 1.54) is 24.9 Å². The fourth-order valence-electron chi connectivity index (χ4n) is 4.04. The van der Waals surface area contributed by atoms with Gasteiger partial charge in [-0.25, -0.2) is 0 Å². The van der Waals surface area contributed by atoms with Crippen molar-refractivity contribution in [3.63, 3.8) is 0 Å². The molecular formula is C20H30ClN3O. The number of nitrogens with zero attached hydrogens (tertiary/aromatic N) is 2. The first-order valence-corrected chi connectivity index (χ1v) is 9.97.